The number of carbonyl (C=O) groups is 1. The van der Waals surface area contributed by atoms with E-state index >= 15 is 0 Å². The predicted octanol–water partition coefficient (Wildman–Crippen LogP) is 5.40. The lowest BCUT2D eigenvalue weighted by Gasteiger charge is -2.41. The first-order valence-corrected chi connectivity index (χ1v) is 22.4. The van der Waals surface area contributed by atoms with E-state index in [9.17, 15) is 4.79 Å². The number of hydrogen-bond donors (Lipinski definition) is 0. The molecule has 0 rings (SSSR count). The molecular weight excluding hydrogens is 437 g/mol. The maximum Gasteiger partial charge on any atom is 0.333 e. The van der Waals surface area contributed by atoms with Crippen LogP contribution >= 0.6 is 0 Å². The molecule has 0 bridgehead atoms. The van der Waals surface area contributed by atoms with E-state index < -0.39 is 33.8 Å². The van der Waals surface area contributed by atoms with Gasteiger partial charge in [0.25, 0.3) is 0 Å². The number of rotatable bonds is 15. The Morgan fingerprint density at radius 2 is 1.45 bits per heavy atom. The Labute approximate surface area is 183 Å². The zero-order valence-corrected chi connectivity index (χ0v) is 24.4. The summed E-state index contributed by atoms with van der Waals surface area (Å²) in [7, 11) is -8.13. The molecular formula is C19H44O6Si4. The summed E-state index contributed by atoms with van der Waals surface area (Å²) >= 11 is 0. The molecule has 29 heavy (non-hydrogen) atoms. The van der Waals surface area contributed by atoms with Crippen LogP contribution in [0.15, 0.2) is 12.2 Å². The first-order valence-electron chi connectivity index (χ1n) is 10.5. The third-order valence-electron chi connectivity index (χ3n) is 4.09. The number of esters is 1. The Morgan fingerprint density at radius 1 is 0.862 bits per heavy atom. The quantitative estimate of drug-likeness (QED) is 0.135. The van der Waals surface area contributed by atoms with Crippen LogP contribution in [0, 0.1) is 0 Å². The molecule has 0 heterocycles. The van der Waals surface area contributed by atoms with E-state index in [0.29, 0.717) is 18.8 Å². The summed E-state index contributed by atoms with van der Waals surface area (Å²) < 4.78 is 30.5. The van der Waals surface area contributed by atoms with Crippen LogP contribution in [0.4, 0.5) is 0 Å². The molecule has 0 N–H and O–H groups in total. The van der Waals surface area contributed by atoms with Gasteiger partial charge in [-0.2, -0.15) is 0 Å². The highest BCUT2D eigenvalue weighted by Crippen LogP contribution is 2.28. The van der Waals surface area contributed by atoms with Crippen LogP contribution in [0.3, 0.4) is 0 Å². The molecule has 0 aliphatic heterocycles. The van der Waals surface area contributed by atoms with Crippen molar-refractivity contribution >= 4 is 39.7 Å². The van der Waals surface area contributed by atoms with Crippen LogP contribution in [0.2, 0.25) is 64.5 Å². The average Bonchev–Trinajstić information content (AvgIpc) is 2.49. The molecule has 10 heteroatoms. The summed E-state index contributed by atoms with van der Waals surface area (Å²) in [5.41, 5.74) is 0.399. The number of carbonyl (C=O) groups excluding carboxylic acids is 1. The topological polar surface area (TPSA) is 63.2 Å². The van der Waals surface area contributed by atoms with Crippen LogP contribution in [0.5, 0.6) is 0 Å². The van der Waals surface area contributed by atoms with Crippen molar-refractivity contribution in [3.63, 3.8) is 0 Å². The second kappa shape index (κ2) is 12.1. The highest BCUT2D eigenvalue weighted by molar-refractivity contribution is 6.89. The highest BCUT2D eigenvalue weighted by Gasteiger charge is 2.44. The molecule has 0 saturated carbocycles. The van der Waals surface area contributed by atoms with E-state index in [1.54, 1.807) is 6.92 Å². The molecule has 0 aliphatic rings. The van der Waals surface area contributed by atoms with E-state index in [1.165, 1.54) is 0 Å². The normalized spacial score (nSPS) is 15.1. The first-order chi connectivity index (χ1) is 13.0. The lowest BCUT2D eigenvalue weighted by atomic mass is 10.4. The molecule has 0 saturated heterocycles. The summed E-state index contributed by atoms with van der Waals surface area (Å²) in [4.78, 5) is 11.3. The van der Waals surface area contributed by atoms with E-state index in [2.05, 4.69) is 65.9 Å². The molecule has 0 spiro atoms. The van der Waals surface area contributed by atoms with Crippen LogP contribution in [0.1, 0.15) is 20.3 Å². The zero-order valence-electron chi connectivity index (χ0n) is 20.4. The second-order valence-corrected chi connectivity index (χ2v) is 26.2. The van der Waals surface area contributed by atoms with Gasteiger partial charge in [0.05, 0.1) is 6.61 Å². The summed E-state index contributed by atoms with van der Waals surface area (Å²) in [6.45, 7) is 26.1. The van der Waals surface area contributed by atoms with Gasteiger partial charge in [0.2, 0.25) is 0 Å². The van der Waals surface area contributed by atoms with E-state index in [-0.39, 0.29) is 12.6 Å². The molecule has 0 aromatic carbocycles. The molecule has 0 radical (unpaired) electrons. The van der Waals surface area contributed by atoms with Crippen molar-refractivity contribution in [2.45, 2.75) is 84.7 Å². The molecule has 0 aromatic heterocycles. The fourth-order valence-electron chi connectivity index (χ4n) is 2.96. The van der Waals surface area contributed by atoms with Gasteiger partial charge in [0.15, 0.2) is 16.6 Å². The van der Waals surface area contributed by atoms with Crippen LogP contribution in [-0.2, 0) is 26.6 Å². The Hall–Kier alpha value is -0.0825. The largest absolute Gasteiger partial charge is 0.460 e. The van der Waals surface area contributed by atoms with E-state index in [0.717, 1.165) is 18.5 Å². The van der Waals surface area contributed by atoms with Gasteiger partial charge in [0, 0.05) is 12.2 Å². The van der Waals surface area contributed by atoms with Gasteiger partial charge in [0.1, 0.15) is 6.61 Å². The van der Waals surface area contributed by atoms with Gasteiger partial charge in [-0.1, -0.05) is 13.5 Å². The van der Waals surface area contributed by atoms with E-state index in [1.807, 2.05) is 0 Å². The number of ether oxygens (including phenoxy) is 2. The Balaban J connectivity index is 4.69. The van der Waals surface area contributed by atoms with Crippen molar-refractivity contribution in [3.8, 4) is 0 Å². The van der Waals surface area contributed by atoms with Crippen LogP contribution < -0.4 is 0 Å². The monoisotopic (exact) mass is 480 g/mol. The highest BCUT2D eigenvalue weighted by atomic mass is 28.5. The Bertz CT molecular complexity index is 533. The Morgan fingerprint density at radius 3 is 1.93 bits per heavy atom. The smallest absolute Gasteiger partial charge is 0.333 e. The summed E-state index contributed by atoms with van der Waals surface area (Å²) in [5, 5.41) is 0. The van der Waals surface area contributed by atoms with Crippen LogP contribution in [0.25, 0.3) is 0 Å². The van der Waals surface area contributed by atoms with Crippen molar-refractivity contribution < 1.29 is 26.6 Å². The van der Waals surface area contributed by atoms with Gasteiger partial charge in [-0.3, -0.25) is 0 Å². The Kier molecular flexibility index (Phi) is 12.0. The zero-order chi connectivity index (χ0) is 22.9. The summed E-state index contributed by atoms with van der Waals surface area (Å²) in [5.74, 6) is -0.378. The van der Waals surface area contributed by atoms with Crippen molar-refractivity contribution in [3.05, 3.63) is 12.2 Å². The summed E-state index contributed by atoms with van der Waals surface area (Å²) in [6, 6.07) is 1.93. The van der Waals surface area contributed by atoms with Crippen molar-refractivity contribution in [1.29, 1.82) is 0 Å². The minimum atomic E-state index is -2.39. The lowest BCUT2D eigenvalue weighted by Crippen LogP contribution is -2.57. The first kappa shape index (κ1) is 28.9. The van der Waals surface area contributed by atoms with Crippen molar-refractivity contribution in [2.75, 3.05) is 19.8 Å². The fourth-order valence-corrected chi connectivity index (χ4v) is 20.9. The maximum atomic E-state index is 11.3. The standard InChI is InChI=1S/C19H44O6Si4/c1-12-27(7,8)24-28(9,10)25-29(11,23-26(4,5)6)17-13-14-21-15-16-22-19(20)18(2)3/h2,12-17H2,1,3-11H3. The fraction of sp³-hybridized carbons (Fsp3) is 0.842. The number of hydrogen-bond acceptors (Lipinski definition) is 6. The molecule has 172 valence electrons. The molecule has 0 aromatic rings. The van der Waals surface area contributed by atoms with Crippen molar-refractivity contribution in [2.24, 2.45) is 0 Å². The van der Waals surface area contributed by atoms with Gasteiger partial charge in [-0.15, -0.1) is 0 Å². The predicted molar refractivity (Wildman–Crippen MR) is 130 cm³/mol. The van der Waals surface area contributed by atoms with Gasteiger partial charge in [-0.05, 0) is 77.8 Å². The van der Waals surface area contributed by atoms with Gasteiger partial charge < -0.3 is 21.8 Å². The third-order valence-corrected chi connectivity index (χ3v) is 19.1. The maximum absolute atomic E-state index is 11.3. The molecule has 6 nitrogen and oxygen atoms in total. The minimum absolute atomic E-state index is 0.243. The average molecular weight is 481 g/mol. The molecule has 1 unspecified atom stereocenters. The molecule has 1 atom stereocenters. The second-order valence-electron chi connectivity index (χ2n) is 9.70. The molecule has 0 amide bonds. The van der Waals surface area contributed by atoms with Crippen LogP contribution in [-0.4, -0.2) is 59.5 Å². The molecule has 0 aliphatic carbocycles. The minimum Gasteiger partial charge on any atom is -0.460 e. The van der Waals surface area contributed by atoms with Gasteiger partial charge >= 0.3 is 23.1 Å². The van der Waals surface area contributed by atoms with Gasteiger partial charge in [-0.25, -0.2) is 4.79 Å². The third kappa shape index (κ3) is 14.5. The van der Waals surface area contributed by atoms with Crippen molar-refractivity contribution in [1.82, 2.24) is 0 Å². The summed E-state index contributed by atoms with van der Waals surface area (Å²) in [6.07, 6.45) is 0.848. The SMILES string of the molecule is C=C(C)C(=O)OCCOCCC[Si](C)(O[Si](C)(C)C)O[Si](C)(C)O[Si](C)(C)CC. The molecule has 0 fully saturated rings. The lowest BCUT2D eigenvalue weighted by molar-refractivity contribution is -0.140. The van der Waals surface area contributed by atoms with E-state index in [4.69, 9.17) is 21.8 Å².